The molecule has 3 heteroatoms. The second-order valence-corrected chi connectivity index (χ2v) is 5.38. The lowest BCUT2D eigenvalue weighted by atomic mass is 10.00. The third-order valence-corrected chi connectivity index (χ3v) is 4.28. The fraction of sp³-hybridized carbons (Fsp3) is 0.538. The van der Waals surface area contributed by atoms with Crippen LogP contribution in [0.25, 0.3) is 0 Å². The van der Waals surface area contributed by atoms with Gasteiger partial charge in [-0.3, -0.25) is 4.90 Å². The minimum atomic E-state index is 0.553. The van der Waals surface area contributed by atoms with E-state index in [0.29, 0.717) is 12.0 Å². The van der Waals surface area contributed by atoms with Gasteiger partial charge >= 0.3 is 0 Å². The van der Waals surface area contributed by atoms with E-state index in [-0.39, 0.29) is 0 Å². The van der Waals surface area contributed by atoms with Crippen molar-refractivity contribution in [3.8, 4) is 0 Å². The maximum Gasteiger partial charge on any atom is 0.0359 e. The number of nitrogens with two attached hydrogens (primary N) is 1. The third-order valence-electron chi connectivity index (χ3n) is 3.47. The summed E-state index contributed by atoms with van der Waals surface area (Å²) in [6.07, 6.45) is 3.35. The standard InChI is InChI=1S/C13H20N2S/c1-15-9-10(8-14)7-12(15)11-5-3-4-6-13(11)16-2/h3-6,10,12H,7-9,14H2,1-2H3. The zero-order valence-corrected chi connectivity index (χ0v) is 10.8. The summed E-state index contributed by atoms with van der Waals surface area (Å²) in [5.41, 5.74) is 7.24. The third kappa shape index (κ3) is 2.26. The van der Waals surface area contributed by atoms with Crippen molar-refractivity contribution in [1.29, 1.82) is 0 Å². The summed E-state index contributed by atoms with van der Waals surface area (Å²) >= 11 is 1.84. The molecule has 1 aromatic rings. The summed E-state index contributed by atoms with van der Waals surface area (Å²) in [7, 11) is 2.21. The lowest BCUT2D eigenvalue weighted by Gasteiger charge is -2.21. The fourth-order valence-electron chi connectivity index (χ4n) is 2.58. The van der Waals surface area contributed by atoms with Gasteiger partial charge < -0.3 is 5.73 Å². The van der Waals surface area contributed by atoms with Crippen LogP contribution in [0.4, 0.5) is 0 Å². The molecule has 0 amide bonds. The molecule has 2 nitrogen and oxygen atoms in total. The Kier molecular flexibility index (Phi) is 3.90. The molecule has 0 bridgehead atoms. The SMILES string of the molecule is CSc1ccccc1C1CC(CN)CN1C. The molecular formula is C13H20N2S. The van der Waals surface area contributed by atoms with Crippen LogP contribution in [0, 0.1) is 5.92 Å². The topological polar surface area (TPSA) is 29.3 Å². The molecule has 1 saturated heterocycles. The van der Waals surface area contributed by atoms with Gasteiger partial charge in [0.2, 0.25) is 0 Å². The van der Waals surface area contributed by atoms with E-state index in [1.165, 1.54) is 16.9 Å². The molecule has 2 rings (SSSR count). The van der Waals surface area contributed by atoms with Crippen molar-refractivity contribution in [2.75, 3.05) is 26.4 Å². The predicted octanol–water partition coefficient (Wildman–Crippen LogP) is 2.36. The van der Waals surface area contributed by atoms with E-state index in [0.717, 1.165) is 13.1 Å². The van der Waals surface area contributed by atoms with E-state index in [9.17, 15) is 0 Å². The minimum Gasteiger partial charge on any atom is -0.330 e. The van der Waals surface area contributed by atoms with Crippen molar-refractivity contribution in [1.82, 2.24) is 4.90 Å². The van der Waals surface area contributed by atoms with Crippen LogP contribution in [-0.2, 0) is 0 Å². The summed E-state index contributed by atoms with van der Waals surface area (Å²) in [6.45, 7) is 1.94. The smallest absolute Gasteiger partial charge is 0.0359 e. The highest BCUT2D eigenvalue weighted by Gasteiger charge is 2.30. The summed E-state index contributed by atoms with van der Waals surface area (Å²) in [5.74, 6) is 0.657. The average Bonchev–Trinajstić information content (AvgIpc) is 2.70. The van der Waals surface area contributed by atoms with E-state index in [1.807, 2.05) is 11.8 Å². The van der Waals surface area contributed by atoms with Crippen molar-refractivity contribution in [3.05, 3.63) is 29.8 Å². The van der Waals surface area contributed by atoms with Crippen LogP contribution in [-0.4, -0.2) is 31.3 Å². The van der Waals surface area contributed by atoms with Crippen LogP contribution in [0.3, 0.4) is 0 Å². The Morgan fingerprint density at radius 2 is 2.19 bits per heavy atom. The molecule has 2 unspecified atom stereocenters. The molecule has 0 aliphatic carbocycles. The molecule has 0 aromatic heterocycles. The van der Waals surface area contributed by atoms with Gasteiger partial charge in [-0.05, 0) is 43.8 Å². The molecule has 0 radical (unpaired) electrons. The van der Waals surface area contributed by atoms with Crippen molar-refractivity contribution < 1.29 is 0 Å². The second-order valence-electron chi connectivity index (χ2n) is 4.53. The number of thioether (sulfide) groups is 1. The predicted molar refractivity (Wildman–Crippen MR) is 70.8 cm³/mol. The Balaban J connectivity index is 2.23. The van der Waals surface area contributed by atoms with Gasteiger partial charge in [-0.15, -0.1) is 11.8 Å². The van der Waals surface area contributed by atoms with Gasteiger partial charge in [-0.1, -0.05) is 18.2 Å². The summed E-state index contributed by atoms with van der Waals surface area (Å²) in [6, 6.07) is 9.27. The first-order valence-electron chi connectivity index (χ1n) is 5.79. The summed E-state index contributed by atoms with van der Waals surface area (Å²) in [5, 5.41) is 0. The molecule has 88 valence electrons. The first kappa shape index (κ1) is 12.0. The Morgan fingerprint density at radius 1 is 1.44 bits per heavy atom. The Labute approximate surface area is 102 Å². The number of rotatable bonds is 3. The molecule has 1 aliphatic rings. The maximum atomic E-state index is 5.78. The number of benzene rings is 1. The molecule has 1 aliphatic heterocycles. The zero-order chi connectivity index (χ0) is 11.5. The van der Waals surface area contributed by atoms with Gasteiger partial charge in [0.1, 0.15) is 0 Å². The maximum absolute atomic E-state index is 5.78. The summed E-state index contributed by atoms with van der Waals surface area (Å²) < 4.78 is 0. The van der Waals surface area contributed by atoms with Gasteiger partial charge in [0, 0.05) is 17.5 Å². The normalized spacial score (nSPS) is 26.2. The minimum absolute atomic E-state index is 0.553. The van der Waals surface area contributed by atoms with Crippen LogP contribution in [0.5, 0.6) is 0 Å². The van der Waals surface area contributed by atoms with Gasteiger partial charge in [-0.25, -0.2) is 0 Å². The number of hydrogen-bond acceptors (Lipinski definition) is 3. The van der Waals surface area contributed by atoms with E-state index in [2.05, 4.69) is 42.5 Å². The highest BCUT2D eigenvalue weighted by Crippen LogP contribution is 2.37. The van der Waals surface area contributed by atoms with E-state index >= 15 is 0 Å². The monoisotopic (exact) mass is 236 g/mol. The molecular weight excluding hydrogens is 216 g/mol. The van der Waals surface area contributed by atoms with E-state index < -0.39 is 0 Å². The van der Waals surface area contributed by atoms with Crippen molar-refractivity contribution >= 4 is 11.8 Å². The molecule has 1 aromatic carbocycles. The van der Waals surface area contributed by atoms with Gasteiger partial charge in [-0.2, -0.15) is 0 Å². The Bertz CT molecular complexity index is 354. The number of likely N-dealkylation sites (tertiary alicyclic amines) is 1. The van der Waals surface area contributed by atoms with E-state index in [1.54, 1.807) is 0 Å². The first-order chi connectivity index (χ1) is 7.76. The zero-order valence-electron chi connectivity index (χ0n) is 10.0. The largest absolute Gasteiger partial charge is 0.330 e. The van der Waals surface area contributed by atoms with Crippen LogP contribution in [0.15, 0.2) is 29.2 Å². The van der Waals surface area contributed by atoms with Crippen LogP contribution in [0.2, 0.25) is 0 Å². The highest BCUT2D eigenvalue weighted by molar-refractivity contribution is 7.98. The molecule has 1 heterocycles. The van der Waals surface area contributed by atoms with E-state index in [4.69, 9.17) is 5.73 Å². The lowest BCUT2D eigenvalue weighted by Crippen LogP contribution is -2.20. The molecule has 0 spiro atoms. The quantitative estimate of drug-likeness (QED) is 0.817. The Morgan fingerprint density at radius 3 is 2.81 bits per heavy atom. The molecule has 0 saturated carbocycles. The molecule has 2 N–H and O–H groups in total. The highest BCUT2D eigenvalue weighted by atomic mass is 32.2. The number of hydrogen-bond donors (Lipinski definition) is 1. The summed E-state index contributed by atoms with van der Waals surface area (Å²) in [4.78, 5) is 3.84. The fourth-order valence-corrected chi connectivity index (χ4v) is 3.24. The molecule has 1 fully saturated rings. The average molecular weight is 236 g/mol. The van der Waals surface area contributed by atoms with Crippen molar-refractivity contribution in [2.24, 2.45) is 11.7 Å². The molecule has 16 heavy (non-hydrogen) atoms. The molecule has 2 atom stereocenters. The van der Waals surface area contributed by atoms with Crippen molar-refractivity contribution in [3.63, 3.8) is 0 Å². The second kappa shape index (κ2) is 5.21. The van der Waals surface area contributed by atoms with Gasteiger partial charge in [0.25, 0.3) is 0 Å². The Hall–Kier alpha value is -0.510. The van der Waals surface area contributed by atoms with Gasteiger partial charge in [0.05, 0.1) is 0 Å². The van der Waals surface area contributed by atoms with Crippen LogP contribution >= 0.6 is 11.8 Å². The van der Waals surface area contributed by atoms with Gasteiger partial charge in [0.15, 0.2) is 0 Å². The number of nitrogens with zero attached hydrogens (tertiary/aromatic N) is 1. The van der Waals surface area contributed by atoms with Crippen LogP contribution in [0.1, 0.15) is 18.0 Å². The first-order valence-corrected chi connectivity index (χ1v) is 7.02. The lowest BCUT2D eigenvalue weighted by molar-refractivity contribution is 0.311. The van der Waals surface area contributed by atoms with Crippen LogP contribution < -0.4 is 5.73 Å². The van der Waals surface area contributed by atoms with Crippen molar-refractivity contribution in [2.45, 2.75) is 17.4 Å².